The summed E-state index contributed by atoms with van der Waals surface area (Å²) < 4.78 is 13.2. The minimum Gasteiger partial charge on any atom is -0.497 e. The lowest BCUT2D eigenvalue weighted by Gasteiger charge is -2.25. The second-order valence-electron chi connectivity index (χ2n) is 7.55. The van der Waals surface area contributed by atoms with Crippen molar-refractivity contribution in [1.82, 2.24) is 4.57 Å². The standard InChI is InChI=1S/C20H30N2O3/c1-6-7-10-25-18-15-9-8-14(24-5)11-16(15)19(23)22(17(18)12-21)13-20(2,3)4/h8-9,11H,6-7,10,12-13,21H2,1-5H3. The van der Waals surface area contributed by atoms with Crippen LogP contribution >= 0.6 is 0 Å². The van der Waals surface area contributed by atoms with Crippen molar-refractivity contribution < 1.29 is 9.47 Å². The van der Waals surface area contributed by atoms with Gasteiger partial charge in [0.2, 0.25) is 0 Å². The molecule has 1 aromatic heterocycles. The highest BCUT2D eigenvalue weighted by Gasteiger charge is 2.21. The number of nitrogens with zero attached hydrogens (tertiary/aromatic N) is 1. The largest absolute Gasteiger partial charge is 0.497 e. The highest BCUT2D eigenvalue weighted by molar-refractivity contribution is 5.89. The van der Waals surface area contributed by atoms with Gasteiger partial charge < -0.3 is 19.8 Å². The average Bonchev–Trinajstić information content (AvgIpc) is 2.57. The van der Waals surface area contributed by atoms with Crippen molar-refractivity contribution in [2.75, 3.05) is 13.7 Å². The van der Waals surface area contributed by atoms with Gasteiger partial charge in [-0.3, -0.25) is 4.79 Å². The summed E-state index contributed by atoms with van der Waals surface area (Å²) >= 11 is 0. The molecule has 0 aliphatic carbocycles. The molecule has 0 aliphatic rings. The molecule has 0 unspecified atom stereocenters. The number of rotatable bonds is 7. The van der Waals surface area contributed by atoms with E-state index in [2.05, 4.69) is 27.7 Å². The van der Waals surface area contributed by atoms with E-state index in [1.165, 1.54) is 0 Å². The predicted molar refractivity (Wildman–Crippen MR) is 103 cm³/mol. The molecule has 1 aromatic carbocycles. The van der Waals surface area contributed by atoms with Gasteiger partial charge >= 0.3 is 0 Å². The number of hydrogen-bond donors (Lipinski definition) is 1. The van der Waals surface area contributed by atoms with Crippen molar-refractivity contribution in [3.05, 3.63) is 34.2 Å². The summed E-state index contributed by atoms with van der Waals surface area (Å²) in [5, 5.41) is 1.40. The highest BCUT2D eigenvalue weighted by atomic mass is 16.5. The Labute approximate surface area is 149 Å². The minimum atomic E-state index is -0.0546. The highest BCUT2D eigenvalue weighted by Crippen LogP contribution is 2.31. The molecular weight excluding hydrogens is 316 g/mol. The van der Waals surface area contributed by atoms with Crippen molar-refractivity contribution in [2.45, 2.75) is 53.6 Å². The van der Waals surface area contributed by atoms with E-state index in [9.17, 15) is 4.79 Å². The molecular formula is C20H30N2O3. The Morgan fingerprint density at radius 3 is 2.48 bits per heavy atom. The zero-order chi connectivity index (χ0) is 18.6. The van der Waals surface area contributed by atoms with E-state index in [0.717, 1.165) is 29.7 Å². The third-order valence-electron chi connectivity index (χ3n) is 4.10. The summed E-state index contributed by atoms with van der Waals surface area (Å²) in [7, 11) is 1.60. The first-order valence-electron chi connectivity index (χ1n) is 8.88. The normalized spacial score (nSPS) is 11.8. The molecule has 0 amide bonds. The van der Waals surface area contributed by atoms with Crippen LogP contribution in [0.5, 0.6) is 11.5 Å². The Morgan fingerprint density at radius 1 is 1.20 bits per heavy atom. The fraction of sp³-hybridized carbons (Fsp3) is 0.550. The van der Waals surface area contributed by atoms with Crippen LogP contribution in [0.25, 0.3) is 10.8 Å². The monoisotopic (exact) mass is 346 g/mol. The Hall–Kier alpha value is -2.01. The number of nitrogens with two attached hydrogens (primary N) is 1. The van der Waals surface area contributed by atoms with Gasteiger partial charge in [0, 0.05) is 18.5 Å². The first-order valence-corrected chi connectivity index (χ1v) is 8.88. The third-order valence-corrected chi connectivity index (χ3v) is 4.10. The van der Waals surface area contributed by atoms with Crippen LogP contribution in [0.1, 0.15) is 46.2 Å². The maximum Gasteiger partial charge on any atom is 0.259 e. The Balaban J connectivity index is 2.75. The molecule has 5 heteroatoms. The summed E-state index contributed by atoms with van der Waals surface area (Å²) in [6.45, 7) is 9.88. The number of benzene rings is 1. The molecule has 0 radical (unpaired) electrons. The lowest BCUT2D eigenvalue weighted by molar-refractivity contribution is 0.295. The maximum absolute atomic E-state index is 13.1. The van der Waals surface area contributed by atoms with Gasteiger partial charge in [-0.05, 0) is 30.0 Å². The minimum absolute atomic E-state index is 0.0490. The van der Waals surface area contributed by atoms with Crippen LogP contribution in [0.4, 0.5) is 0 Å². The molecule has 0 fully saturated rings. The third kappa shape index (κ3) is 4.34. The Morgan fingerprint density at radius 2 is 1.92 bits per heavy atom. The molecule has 2 aromatic rings. The van der Waals surface area contributed by atoms with E-state index in [4.69, 9.17) is 15.2 Å². The average molecular weight is 346 g/mol. The van der Waals surface area contributed by atoms with E-state index in [1.807, 2.05) is 12.1 Å². The van der Waals surface area contributed by atoms with Crippen molar-refractivity contribution in [3.8, 4) is 11.5 Å². The molecule has 0 saturated carbocycles. The zero-order valence-corrected chi connectivity index (χ0v) is 16.0. The first-order chi connectivity index (χ1) is 11.8. The number of pyridine rings is 1. The molecule has 2 rings (SSSR count). The van der Waals surface area contributed by atoms with Crippen LogP contribution in [-0.4, -0.2) is 18.3 Å². The zero-order valence-electron chi connectivity index (χ0n) is 16.0. The molecule has 25 heavy (non-hydrogen) atoms. The number of methoxy groups -OCH3 is 1. The quantitative estimate of drug-likeness (QED) is 0.777. The molecule has 2 N–H and O–H groups in total. The molecule has 0 bridgehead atoms. The number of hydrogen-bond acceptors (Lipinski definition) is 4. The second-order valence-corrected chi connectivity index (χ2v) is 7.55. The van der Waals surface area contributed by atoms with Crippen molar-refractivity contribution in [3.63, 3.8) is 0 Å². The van der Waals surface area contributed by atoms with Gasteiger partial charge in [0.05, 0.1) is 24.8 Å². The molecule has 138 valence electrons. The van der Waals surface area contributed by atoms with Gasteiger partial charge in [-0.2, -0.15) is 0 Å². The number of aromatic nitrogens is 1. The second kappa shape index (κ2) is 7.91. The van der Waals surface area contributed by atoms with Crippen LogP contribution in [0.2, 0.25) is 0 Å². The summed E-state index contributed by atoms with van der Waals surface area (Å²) in [5.41, 5.74) is 6.68. The number of fused-ring (bicyclic) bond motifs is 1. The van der Waals surface area contributed by atoms with Gasteiger partial charge in [-0.25, -0.2) is 0 Å². The van der Waals surface area contributed by atoms with E-state index in [1.54, 1.807) is 17.7 Å². The fourth-order valence-corrected chi connectivity index (χ4v) is 2.90. The molecule has 0 aliphatic heterocycles. The SMILES string of the molecule is CCCCOc1c(CN)n(CC(C)(C)C)c(=O)c2cc(OC)ccc12. The topological polar surface area (TPSA) is 66.5 Å². The number of unbranched alkanes of at least 4 members (excludes halogenated alkanes) is 1. The van der Waals surface area contributed by atoms with Gasteiger partial charge in [0.1, 0.15) is 11.5 Å². The first kappa shape index (κ1) is 19.3. The van der Waals surface area contributed by atoms with Crippen LogP contribution in [0.15, 0.2) is 23.0 Å². The van der Waals surface area contributed by atoms with Crippen molar-refractivity contribution in [2.24, 2.45) is 11.1 Å². The van der Waals surface area contributed by atoms with E-state index >= 15 is 0 Å². The van der Waals surface area contributed by atoms with Crippen LogP contribution in [-0.2, 0) is 13.1 Å². The fourth-order valence-electron chi connectivity index (χ4n) is 2.90. The van der Waals surface area contributed by atoms with Gasteiger partial charge in [-0.1, -0.05) is 34.1 Å². The van der Waals surface area contributed by atoms with E-state index < -0.39 is 0 Å². The van der Waals surface area contributed by atoms with Gasteiger partial charge in [-0.15, -0.1) is 0 Å². The summed E-state index contributed by atoms with van der Waals surface area (Å²) in [6.07, 6.45) is 2.01. The molecule has 0 atom stereocenters. The Bertz CT molecular complexity index is 788. The van der Waals surface area contributed by atoms with E-state index in [0.29, 0.717) is 24.3 Å². The lowest BCUT2D eigenvalue weighted by atomic mass is 9.96. The smallest absolute Gasteiger partial charge is 0.259 e. The summed E-state index contributed by atoms with van der Waals surface area (Å²) in [6, 6.07) is 5.52. The van der Waals surface area contributed by atoms with Crippen molar-refractivity contribution >= 4 is 10.8 Å². The van der Waals surface area contributed by atoms with Gasteiger partial charge in [0.25, 0.3) is 5.56 Å². The van der Waals surface area contributed by atoms with Crippen molar-refractivity contribution in [1.29, 1.82) is 0 Å². The lowest BCUT2D eigenvalue weighted by Crippen LogP contribution is -2.31. The summed E-state index contributed by atoms with van der Waals surface area (Å²) in [5.74, 6) is 1.38. The van der Waals surface area contributed by atoms with Crippen LogP contribution in [0.3, 0.4) is 0 Å². The van der Waals surface area contributed by atoms with Gasteiger partial charge in [0.15, 0.2) is 0 Å². The molecule has 0 saturated heterocycles. The summed E-state index contributed by atoms with van der Waals surface area (Å²) in [4.78, 5) is 13.1. The molecule has 5 nitrogen and oxygen atoms in total. The number of ether oxygens (including phenoxy) is 2. The molecule has 1 heterocycles. The maximum atomic E-state index is 13.1. The molecule has 0 spiro atoms. The Kier molecular flexibility index (Phi) is 6.11. The predicted octanol–water partition coefficient (Wildman–Crippen LogP) is 3.69. The van der Waals surface area contributed by atoms with Crippen LogP contribution < -0.4 is 20.8 Å². The van der Waals surface area contributed by atoms with Crippen LogP contribution in [0, 0.1) is 5.41 Å². The van der Waals surface area contributed by atoms with E-state index in [-0.39, 0.29) is 17.5 Å².